The number of Topliss-reactive ketones (excluding diaryl/α,β-unsaturated/α-hetero) is 1. The molecule has 0 aliphatic heterocycles. The van der Waals surface area contributed by atoms with Crippen LogP contribution in [0.5, 0.6) is 5.75 Å². The van der Waals surface area contributed by atoms with Crippen molar-refractivity contribution < 1.29 is 13.9 Å². The number of benzene rings is 2. The molecule has 1 aromatic heterocycles. The highest BCUT2D eigenvalue weighted by molar-refractivity contribution is 5.99. The Morgan fingerprint density at radius 1 is 1.08 bits per heavy atom. The summed E-state index contributed by atoms with van der Waals surface area (Å²) in [5, 5.41) is 0.976. The summed E-state index contributed by atoms with van der Waals surface area (Å²) in [5.74, 6) is 0.482. The van der Waals surface area contributed by atoms with Gasteiger partial charge in [-0.05, 0) is 50.8 Å². The average Bonchev–Trinajstić information content (AvgIpc) is 3.15. The van der Waals surface area contributed by atoms with E-state index in [0.717, 1.165) is 41.3 Å². The molecule has 0 radical (unpaired) electrons. The van der Waals surface area contributed by atoms with Crippen molar-refractivity contribution in [3.8, 4) is 5.75 Å². The zero-order valence-electron chi connectivity index (χ0n) is 14.9. The van der Waals surface area contributed by atoms with E-state index in [1.165, 1.54) is 0 Å². The number of aryl methyl sites for hydroxylation is 2. The van der Waals surface area contributed by atoms with Gasteiger partial charge in [-0.3, -0.25) is 4.79 Å². The number of hydrogen-bond acceptors (Lipinski definition) is 4. The number of fused-ring (bicyclic) bond motifs is 3. The first-order chi connectivity index (χ1) is 12.6. The van der Waals surface area contributed by atoms with Gasteiger partial charge >= 0.3 is 5.63 Å². The van der Waals surface area contributed by atoms with Gasteiger partial charge in [-0.25, -0.2) is 4.79 Å². The molecule has 0 N–H and O–H groups in total. The first-order valence-corrected chi connectivity index (χ1v) is 8.90. The summed E-state index contributed by atoms with van der Waals surface area (Å²) in [7, 11) is 0. The van der Waals surface area contributed by atoms with E-state index in [1.807, 2.05) is 37.3 Å². The minimum atomic E-state index is -0.630. The van der Waals surface area contributed by atoms with Crippen LogP contribution in [0.2, 0.25) is 0 Å². The maximum absolute atomic E-state index is 12.5. The lowest BCUT2D eigenvalue weighted by molar-refractivity contribution is 0.0817. The van der Waals surface area contributed by atoms with E-state index in [1.54, 1.807) is 19.1 Å². The Hall–Kier alpha value is -2.88. The molecule has 0 bridgehead atoms. The summed E-state index contributed by atoms with van der Waals surface area (Å²) in [6, 6.07) is 12.9. The maximum Gasteiger partial charge on any atom is 0.339 e. The highest BCUT2D eigenvalue weighted by atomic mass is 16.5. The smallest absolute Gasteiger partial charge is 0.339 e. The molecular weight excluding hydrogens is 328 g/mol. The normalized spacial score (nSPS) is 14.2. The zero-order valence-corrected chi connectivity index (χ0v) is 14.9. The highest BCUT2D eigenvalue weighted by Crippen LogP contribution is 2.33. The van der Waals surface area contributed by atoms with Crippen LogP contribution in [0.4, 0.5) is 0 Å². The minimum Gasteiger partial charge on any atom is -0.482 e. The molecule has 1 aliphatic rings. The van der Waals surface area contributed by atoms with Crippen molar-refractivity contribution in [1.29, 1.82) is 0 Å². The predicted molar refractivity (Wildman–Crippen MR) is 100 cm³/mol. The molecule has 0 fully saturated rings. The summed E-state index contributed by atoms with van der Waals surface area (Å²) in [6.45, 7) is 3.60. The molecule has 2 aromatic carbocycles. The van der Waals surface area contributed by atoms with Crippen molar-refractivity contribution in [2.75, 3.05) is 0 Å². The molecule has 132 valence electrons. The highest BCUT2D eigenvalue weighted by Gasteiger charge is 2.23. The van der Waals surface area contributed by atoms with E-state index < -0.39 is 6.10 Å². The van der Waals surface area contributed by atoms with E-state index in [0.29, 0.717) is 16.9 Å². The monoisotopic (exact) mass is 348 g/mol. The van der Waals surface area contributed by atoms with Crippen LogP contribution in [-0.4, -0.2) is 11.9 Å². The number of ether oxygens (including phenoxy) is 1. The van der Waals surface area contributed by atoms with Gasteiger partial charge in [-0.2, -0.15) is 0 Å². The molecule has 3 aromatic rings. The number of carbonyl (C=O) groups excluding carboxylic acids is 1. The van der Waals surface area contributed by atoms with Gasteiger partial charge in [0.05, 0.1) is 0 Å². The second-order valence-electron chi connectivity index (χ2n) is 6.76. The molecule has 0 amide bonds. The topological polar surface area (TPSA) is 56.5 Å². The van der Waals surface area contributed by atoms with Gasteiger partial charge in [0.15, 0.2) is 6.10 Å². The van der Waals surface area contributed by atoms with Crippen LogP contribution in [0, 0.1) is 6.92 Å². The van der Waals surface area contributed by atoms with Gasteiger partial charge in [0.1, 0.15) is 11.3 Å². The van der Waals surface area contributed by atoms with E-state index in [2.05, 4.69) is 0 Å². The number of hydrogen-bond donors (Lipinski definition) is 0. The number of carbonyl (C=O) groups is 1. The van der Waals surface area contributed by atoms with Gasteiger partial charge in [-0.15, -0.1) is 0 Å². The van der Waals surface area contributed by atoms with Crippen molar-refractivity contribution in [2.24, 2.45) is 0 Å². The lowest BCUT2D eigenvalue weighted by atomic mass is 10.0. The molecule has 4 nitrogen and oxygen atoms in total. The third-order valence-electron chi connectivity index (χ3n) is 5.07. The predicted octanol–water partition coefficient (Wildman–Crippen LogP) is 4.24. The first-order valence-electron chi connectivity index (χ1n) is 8.90. The fourth-order valence-corrected chi connectivity index (χ4v) is 3.67. The number of rotatable bonds is 4. The fourth-order valence-electron chi connectivity index (χ4n) is 3.67. The Balaban J connectivity index is 1.70. The molecule has 1 unspecified atom stereocenters. The lowest BCUT2D eigenvalue weighted by Crippen LogP contribution is -2.24. The van der Waals surface area contributed by atoms with Gasteiger partial charge in [0, 0.05) is 22.1 Å². The summed E-state index contributed by atoms with van der Waals surface area (Å²) in [5.41, 5.74) is 3.58. The van der Waals surface area contributed by atoms with Crippen LogP contribution in [0.25, 0.3) is 11.0 Å². The second kappa shape index (κ2) is 6.45. The van der Waals surface area contributed by atoms with Gasteiger partial charge < -0.3 is 9.15 Å². The molecule has 1 aliphatic carbocycles. The zero-order chi connectivity index (χ0) is 18.3. The van der Waals surface area contributed by atoms with Crippen LogP contribution >= 0.6 is 0 Å². The Labute approximate surface area is 151 Å². The van der Waals surface area contributed by atoms with Crippen molar-refractivity contribution in [2.45, 2.75) is 39.2 Å². The van der Waals surface area contributed by atoms with Gasteiger partial charge in [0.2, 0.25) is 5.78 Å². The standard InChI is InChI=1S/C22H20O4/c1-13-19(25-14(2)20(23)15-7-4-3-5-8-15)12-11-17-16-9-6-10-18(16)22(24)26-21(13)17/h3-5,7-8,11-12,14H,6,9-10H2,1-2H3. The second-order valence-corrected chi connectivity index (χ2v) is 6.76. The van der Waals surface area contributed by atoms with Crippen LogP contribution in [0.3, 0.4) is 0 Å². The molecule has 0 saturated carbocycles. The van der Waals surface area contributed by atoms with Crippen molar-refractivity contribution >= 4 is 16.8 Å². The Kier molecular flexibility index (Phi) is 4.11. The molecule has 0 saturated heterocycles. The van der Waals surface area contributed by atoms with Crippen molar-refractivity contribution in [3.63, 3.8) is 0 Å². The van der Waals surface area contributed by atoms with Gasteiger partial charge in [-0.1, -0.05) is 30.3 Å². The molecule has 1 atom stereocenters. The Morgan fingerprint density at radius 2 is 1.81 bits per heavy atom. The molecule has 4 rings (SSSR count). The van der Waals surface area contributed by atoms with Crippen LogP contribution in [0.15, 0.2) is 51.7 Å². The maximum atomic E-state index is 12.5. The summed E-state index contributed by atoms with van der Waals surface area (Å²) >= 11 is 0. The average molecular weight is 348 g/mol. The molecular formula is C22H20O4. The van der Waals surface area contributed by atoms with Crippen LogP contribution in [-0.2, 0) is 12.8 Å². The van der Waals surface area contributed by atoms with Gasteiger partial charge in [0.25, 0.3) is 0 Å². The third kappa shape index (κ3) is 2.71. The van der Waals surface area contributed by atoms with E-state index in [9.17, 15) is 9.59 Å². The van der Waals surface area contributed by atoms with E-state index >= 15 is 0 Å². The molecule has 26 heavy (non-hydrogen) atoms. The summed E-state index contributed by atoms with van der Waals surface area (Å²) in [4.78, 5) is 24.8. The van der Waals surface area contributed by atoms with Crippen molar-refractivity contribution in [3.05, 3.63) is 75.1 Å². The lowest BCUT2D eigenvalue weighted by Gasteiger charge is -2.17. The third-order valence-corrected chi connectivity index (χ3v) is 5.07. The first kappa shape index (κ1) is 16.6. The SMILES string of the molecule is Cc1c(OC(C)C(=O)c2ccccc2)ccc2c3c(c(=O)oc12)CCC3. The quantitative estimate of drug-likeness (QED) is 0.523. The number of ketones is 1. The molecule has 0 spiro atoms. The van der Waals surface area contributed by atoms with Crippen LogP contribution in [0.1, 0.15) is 40.4 Å². The molecule has 1 heterocycles. The fraction of sp³-hybridized carbons (Fsp3) is 0.273. The Bertz CT molecular complexity index is 1050. The summed E-state index contributed by atoms with van der Waals surface area (Å²) in [6.07, 6.45) is 2.04. The minimum absolute atomic E-state index is 0.0829. The summed E-state index contributed by atoms with van der Waals surface area (Å²) < 4.78 is 11.5. The van der Waals surface area contributed by atoms with Crippen LogP contribution < -0.4 is 10.4 Å². The Morgan fingerprint density at radius 3 is 2.58 bits per heavy atom. The largest absolute Gasteiger partial charge is 0.482 e. The van der Waals surface area contributed by atoms with Crippen molar-refractivity contribution in [1.82, 2.24) is 0 Å². The van der Waals surface area contributed by atoms with E-state index in [4.69, 9.17) is 9.15 Å². The molecule has 4 heteroatoms. The van der Waals surface area contributed by atoms with E-state index in [-0.39, 0.29) is 11.4 Å².